The van der Waals surface area contributed by atoms with Crippen molar-refractivity contribution in [1.29, 1.82) is 0 Å². The molecule has 0 heterocycles. The van der Waals surface area contributed by atoms with Gasteiger partial charge in [0.15, 0.2) is 11.5 Å². The highest BCUT2D eigenvalue weighted by Gasteiger charge is 2.27. The summed E-state index contributed by atoms with van der Waals surface area (Å²) in [6.45, 7) is 0.549. The van der Waals surface area contributed by atoms with Gasteiger partial charge in [0.05, 0.1) is 6.61 Å². The fourth-order valence-corrected chi connectivity index (χ4v) is 2.96. The van der Waals surface area contributed by atoms with Gasteiger partial charge in [-0.25, -0.2) is 0 Å². The summed E-state index contributed by atoms with van der Waals surface area (Å²) in [5, 5.41) is 0. The Morgan fingerprint density at radius 3 is 2.45 bits per heavy atom. The standard InChI is InChI=1S/C17H18O3/c18-15-10-16(20-11-12-6-2-1-3-7-12)17(19)14-9-5-4-8-13(14)15/h4-5,8-10,12H,1-3,6-7,11H2. The van der Waals surface area contributed by atoms with Crippen LogP contribution in [0.4, 0.5) is 0 Å². The van der Waals surface area contributed by atoms with Gasteiger partial charge in [0.2, 0.25) is 5.78 Å². The molecular formula is C17H18O3. The van der Waals surface area contributed by atoms with Crippen molar-refractivity contribution in [2.24, 2.45) is 5.92 Å². The molecule has 0 spiro atoms. The molecule has 104 valence electrons. The van der Waals surface area contributed by atoms with Crippen LogP contribution in [-0.4, -0.2) is 18.2 Å². The number of allylic oxidation sites excluding steroid dienone is 2. The second-order valence-electron chi connectivity index (χ2n) is 5.56. The van der Waals surface area contributed by atoms with Crippen molar-refractivity contribution in [2.75, 3.05) is 6.61 Å². The Bertz CT molecular complexity index is 565. The van der Waals surface area contributed by atoms with Crippen molar-refractivity contribution < 1.29 is 14.3 Å². The molecule has 0 saturated heterocycles. The number of Topliss-reactive ketones (excluding diaryl/α,β-unsaturated/α-hetero) is 1. The lowest BCUT2D eigenvalue weighted by molar-refractivity contribution is 0.0825. The molecule has 2 aliphatic carbocycles. The summed E-state index contributed by atoms with van der Waals surface area (Å²) in [5.74, 6) is 0.416. The third-order valence-electron chi connectivity index (χ3n) is 4.12. The maximum absolute atomic E-state index is 12.3. The van der Waals surface area contributed by atoms with E-state index in [-0.39, 0.29) is 17.3 Å². The van der Waals surface area contributed by atoms with Gasteiger partial charge in [-0.3, -0.25) is 9.59 Å². The predicted octanol–water partition coefficient (Wildman–Crippen LogP) is 3.55. The molecule has 0 aromatic heterocycles. The monoisotopic (exact) mass is 270 g/mol. The van der Waals surface area contributed by atoms with Crippen molar-refractivity contribution in [3.8, 4) is 0 Å². The van der Waals surface area contributed by atoms with Crippen molar-refractivity contribution in [3.05, 3.63) is 47.2 Å². The maximum atomic E-state index is 12.3. The number of fused-ring (bicyclic) bond motifs is 1. The highest BCUT2D eigenvalue weighted by atomic mass is 16.5. The number of hydrogen-bond donors (Lipinski definition) is 0. The molecule has 3 nitrogen and oxygen atoms in total. The quantitative estimate of drug-likeness (QED) is 0.843. The molecule has 0 amide bonds. The Morgan fingerprint density at radius 1 is 1.00 bits per heavy atom. The van der Waals surface area contributed by atoms with Crippen LogP contribution >= 0.6 is 0 Å². The average Bonchev–Trinajstić information content (AvgIpc) is 2.50. The Hall–Kier alpha value is -1.90. The number of ether oxygens (including phenoxy) is 1. The number of ketones is 2. The summed E-state index contributed by atoms with van der Waals surface area (Å²) >= 11 is 0. The molecule has 2 aliphatic rings. The number of rotatable bonds is 3. The average molecular weight is 270 g/mol. The van der Waals surface area contributed by atoms with Crippen LogP contribution in [0.1, 0.15) is 52.8 Å². The van der Waals surface area contributed by atoms with E-state index in [0.29, 0.717) is 23.7 Å². The third kappa shape index (κ3) is 2.53. The Kier molecular flexibility index (Phi) is 3.68. The van der Waals surface area contributed by atoms with Crippen LogP contribution in [0.5, 0.6) is 0 Å². The first kappa shape index (κ1) is 13.1. The Labute approximate surface area is 118 Å². The second kappa shape index (κ2) is 5.61. The van der Waals surface area contributed by atoms with Gasteiger partial charge in [-0.1, -0.05) is 43.5 Å². The topological polar surface area (TPSA) is 43.4 Å². The van der Waals surface area contributed by atoms with Gasteiger partial charge in [0.25, 0.3) is 0 Å². The summed E-state index contributed by atoms with van der Waals surface area (Å²) in [5.41, 5.74) is 0.932. The van der Waals surface area contributed by atoms with Crippen molar-refractivity contribution in [2.45, 2.75) is 32.1 Å². The molecule has 0 atom stereocenters. The minimum absolute atomic E-state index is 0.140. The maximum Gasteiger partial charge on any atom is 0.228 e. The molecule has 0 aliphatic heterocycles. The zero-order valence-corrected chi connectivity index (χ0v) is 11.4. The molecule has 1 fully saturated rings. The van der Waals surface area contributed by atoms with Crippen LogP contribution < -0.4 is 0 Å². The summed E-state index contributed by atoms with van der Waals surface area (Å²) in [4.78, 5) is 24.3. The van der Waals surface area contributed by atoms with Crippen molar-refractivity contribution in [3.63, 3.8) is 0 Å². The summed E-state index contributed by atoms with van der Waals surface area (Å²) in [6.07, 6.45) is 7.43. The van der Waals surface area contributed by atoms with E-state index in [1.807, 2.05) is 0 Å². The Morgan fingerprint density at radius 2 is 1.70 bits per heavy atom. The highest BCUT2D eigenvalue weighted by molar-refractivity contribution is 6.23. The third-order valence-corrected chi connectivity index (χ3v) is 4.12. The van der Waals surface area contributed by atoms with Crippen LogP contribution in [0, 0.1) is 5.92 Å². The van der Waals surface area contributed by atoms with Crippen LogP contribution in [0.15, 0.2) is 36.1 Å². The minimum atomic E-state index is -0.170. The largest absolute Gasteiger partial charge is 0.489 e. The fourth-order valence-electron chi connectivity index (χ4n) is 2.96. The Balaban J connectivity index is 1.71. The van der Waals surface area contributed by atoms with Gasteiger partial charge >= 0.3 is 0 Å². The summed E-state index contributed by atoms with van der Waals surface area (Å²) in [7, 11) is 0. The molecule has 20 heavy (non-hydrogen) atoms. The molecule has 1 aromatic carbocycles. The zero-order valence-electron chi connectivity index (χ0n) is 11.4. The summed E-state index contributed by atoms with van der Waals surface area (Å²) in [6, 6.07) is 6.91. The lowest BCUT2D eigenvalue weighted by Crippen LogP contribution is -2.21. The molecule has 1 aromatic rings. The molecule has 3 rings (SSSR count). The molecule has 0 bridgehead atoms. The van der Waals surface area contributed by atoms with E-state index in [1.165, 1.54) is 25.3 Å². The highest BCUT2D eigenvalue weighted by Crippen LogP contribution is 2.26. The van der Waals surface area contributed by atoms with E-state index in [0.717, 1.165) is 12.8 Å². The lowest BCUT2D eigenvalue weighted by atomic mass is 9.90. The number of hydrogen-bond acceptors (Lipinski definition) is 3. The van der Waals surface area contributed by atoms with Crippen LogP contribution in [-0.2, 0) is 4.74 Å². The van der Waals surface area contributed by atoms with E-state index in [4.69, 9.17) is 4.74 Å². The SMILES string of the molecule is O=C1C=C(OCC2CCCCC2)C(=O)c2ccccc21. The number of carbonyl (C=O) groups is 2. The van der Waals surface area contributed by atoms with Gasteiger partial charge in [0, 0.05) is 17.2 Å². The molecule has 1 saturated carbocycles. The minimum Gasteiger partial charge on any atom is -0.489 e. The molecule has 3 heteroatoms. The lowest BCUT2D eigenvalue weighted by Gasteiger charge is -2.23. The number of benzene rings is 1. The van der Waals surface area contributed by atoms with E-state index < -0.39 is 0 Å². The number of carbonyl (C=O) groups excluding carboxylic acids is 2. The van der Waals surface area contributed by atoms with Gasteiger partial charge < -0.3 is 4.74 Å². The second-order valence-corrected chi connectivity index (χ2v) is 5.56. The summed E-state index contributed by atoms with van der Waals surface area (Å²) < 4.78 is 5.65. The normalized spacial score (nSPS) is 19.5. The van der Waals surface area contributed by atoms with Crippen LogP contribution in [0.3, 0.4) is 0 Å². The van der Waals surface area contributed by atoms with Crippen LogP contribution in [0.2, 0.25) is 0 Å². The first-order valence-corrected chi connectivity index (χ1v) is 7.28. The molecule has 0 N–H and O–H groups in total. The van der Waals surface area contributed by atoms with Gasteiger partial charge in [-0.05, 0) is 18.8 Å². The smallest absolute Gasteiger partial charge is 0.228 e. The van der Waals surface area contributed by atoms with E-state index >= 15 is 0 Å². The van der Waals surface area contributed by atoms with E-state index in [2.05, 4.69) is 0 Å². The van der Waals surface area contributed by atoms with E-state index in [1.54, 1.807) is 24.3 Å². The van der Waals surface area contributed by atoms with E-state index in [9.17, 15) is 9.59 Å². The van der Waals surface area contributed by atoms with Gasteiger partial charge in [-0.15, -0.1) is 0 Å². The predicted molar refractivity (Wildman–Crippen MR) is 75.7 cm³/mol. The molecule has 0 unspecified atom stereocenters. The first-order chi connectivity index (χ1) is 9.75. The first-order valence-electron chi connectivity index (χ1n) is 7.28. The van der Waals surface area contributed by atoms with Crippen molar-refractivity contribution >= 4 is 11.6 Å². The van der Waals surface area contributed by atoms with Gasteiger partial charge in [-0.2, -0.15) is 0 Å². The van der Waals surface area contributed by atoms with Crippen LogP contribution in [0.25, 0.3) is 0 Å². The molecular weight excluding hydrogens is 252 g/mol. The fraction of sp³-hybridized carbons (Fsp3) is 0.412. The van der Waals surface area contributed by atoms with Gasteiger partial charge in [0.1, 0.15) is 0 Å². The van der Waals surface area contributed by atoms with Crippen molar-refractivity contribution in [1.82, 2.24) is 0 Å². The zero-order chi connectivity index (χ0) is 13.9. The molecule has 0 radical (unpaired) electrons.